The van der Waals surface area contributed by atoms with E-state index in [1.165, 1.54) is 0 Å². The summed E-state index contributed by atoms with van der Waals surface area (Å²) in [7, 11) is 1.86. The number of nitrogens with two attached hydrogens (primary N) is 1. The Bertz CT molecular complexity index is 365. The van der Waals surface area contributed by atoms with Crippen molar-refractivity contribution in [2.45, 2.75) is 13.5 Å². The second-order valence-electron chi connectivity index (χ2n) is 2.70. The van der Waals surface area contributed by atoms with Crippen LogP contribution in [-0.2, 0) is 13.6 Å². The van der Waals surface area contributed by atoms with Gasteiger partial charge in [-0.05, 0) is 10.5 Å². The van der Waals surface area contributed by atoms with E-state index in [2.05, 4.69) is 15.0 Å². The van der Waals surface area contributed by atoms with Crippen molar-refractivity contribution in [3.8, 4) is 0 Å². The normalized spacial score (nSPS) is 9.38. The highest BCUT2D eigenvalue weighted by molar-refractivity contribution is 5.35. The van der Waals surface area contributed by atoms with E-state index in [-0.39, 0.29) is 6.54 Å². The van der Waals surface area contributed by atoms with E-state index < -0.39 is 0 Å². The van der Waals surface area contributed by atoms with Crippen LogP contribution in [0.4, 0.5) is 5.82 Å². The Labute approximate surface area is 75.6 Å². The molecule has 0 aliphatic heterocycles. The molecule has 0 aliphatic carbocycles. The Hall–Kier alpha value is -1.81. The summed E-state index contributed by atoms with van der Waals surface area (Å²) in [5, 5.41) is 3.42. The minimum absolute atomic E-state index is 0.240. The third kappa shape index (κ3) is 2.07. The van der Waals surface area contributed by atoms with Crippen molar-refractivity contribution < 1.29 is 4.57 Å². The molecule has 6 heteroatoms. The summed E-state index contributed by atoms with van der Waals surface area (Å²) in [6.45, 7) is 2.09. The zero-order valence-electron chi connectivity index (χ0n) is 7.60. The molecule has 1 aromatic rings. The van der Waals surface area contributed by atoms with E-state index in [9.17, 15) is 0 Å². The van der Waals surface area contributed by atoms with Gasteiger partial charge in [-0.3, -0.25) is 0 Å². The zero-order chi connectivity index (χ0) is 9.84. The maximum atomic E-state index is 8.13. The molecule has 13 heavy (non-hydrogen) atoms. The first-order valence-electron chi connectivity index (χ1n) is 3.77. The van der Waals surface area contributed by atoms with Gasteiger partial charge in [-0.25, -0.2) is 4.57 Å². The maximum absolute atomic E-state index is 8.13. The van der Waals surface area contributed by atoms with Gasteiger partial charge in [0, 0.05) is 11.8 Å². The van der Waals surface area contributed by atoms with E-state index in [1.54, 1.807) is 0 Å². The van der Waals surface area contributed by atoms with Crippen LogP contribution < -0.4 is 10.3 Å². The predicted molar refractivity (Wildman–Crippen MR) is 47.4 cm³/mol. The van der Waals surface area contributed by atoms with Crippen LogP contribution in [0, 0.1) is 6.92 Å². The van der Waals surface area contributed by atoms with Gasteiger partial charge in [0.1, 0.15) is 0 Å². The van der Waals surface area contributed by atoms with Crippen LogP contribution >= 0.6 is 0 Å². The van der Waals surface area contributed by atoms with Crippen LogP contribution in [0.1, 0.15) is 11.4 Å². The molecule has 0 aliphatic rings. The SMILES string of the molecule is Cc1nc(N)c(CN=[N+]=[N-])c[n+]1C. The average molecular weight is 179 g/mol. The highest BCUT2D eigenvalue weighted by atomic mass is 15.1. The van der Waals surface area contributed by atoms with Crippen molar-refractivity contribution in [3.05, 3.63) is 28.0 Å². The molecule has 68 valence electrons. The minimum Gasteiger partial charge on any atom is -0.363 e. The minimum atomic E-state index is 0.240. The number of azide groups is 1. The third-order valence-corrected chi connectivity index (χ3v) is 1.78. The summed E-state index contributed by atoms with van der Waals surface area (Å²) in [6, 6.07) is 0. The summed E-state index contributed by atoms with van der Waals surface area (Å²) in [4.78, 5) is 6.74. The van der Waals surface area contributed by atoms with Gasteiger partial charge in [-0.1, -0.05) is 5.11 Å². The molecular weight excluding hydrogens is 168 g/mol. The number of nitrogens with zero attached hydrogens (tertiary/aromatic N) is 5. The molecule has 0 unspecified atom stereocenters. The molecule has 0 spiro atoms. The second kappa shape index (κ2) is 3.73. The first-order valence-corrected chi connectivity index (χ1v) is 3.77. The van der Waals surface area contributed by atoms with Gasteiger partial charge in [0.2, 0.25) is 5.82 Å². The van der Waals surface area contributed by atoms with E-state index >= 15 is 0 Å². The fraction of sp³-hybridized carbons (Fsp3) is 0.429. The van der Waals surface area contributed by atoms with Gasteiger partial charge in [0.15, 0.2) is 0 Å². The van der Waals surface area contributed by atoms with E-state index in [1.807, 2.05) is 24.7 Å². The lowest BCUT2D eigenvalue weighted by Crippen LogP contribution is -2.34. The third-order valence-electron chi connectivity index (χ3n) is 1.78. The molecule has 2 N–H and O–H groups in total. The highest BCUT2D eigenvalue weighted by Crippen LogP contribution is 2.06. The van der Waals surface area contributed by atoms with Gasteiger partial charge in [-0.2, -0.15) is 0 Å². The van der Waals surface area contributed by atoms with Crippen molar-refractivity contribution in [2.75, 3.05) is 5.73 Å². The summed E-state index contributed by atoms with van der Waals surface area (Å²) in [5.74, 6) is 1.24. The molecule has 0 aromatic carbocycles. The molecular formula is C7H11N6+. The van der Waals surface area contributed by atoms with Crippen LogP contribution in [0.3, 0.4) is 0 Å². The van der Waals surface area contributed by atoms with E-state index in [4.69, 9.17) is 11.3 Å². The Kier molecular flexibility index (Phi) is 2.66. The Balaban J connectivity index is 3.07. The molecule has 0 saturated carbocycles. The maximum Gasteiger partial charge on any atom is 0.297 e. The standard InChI is InChI=1S/C7H10N6/c1-5-11-7(8)6(3-10-12-9)4-13(5)2/h4,8H,3H2,1-2H3/p+1. The Morgan fingerprint density at radius 1 is 1.77 bits per heavy atom. The van der Waals surface area contributed by atoms with Crippen LogP contribution in [0.15, 0.2) is 11.3 Å². The topological polar surface area (TPSA) is 91.5 Å². The molecule has 0 atom stereocenters. The lowest BCUT2D eigenvalue weighted by atomic mass is 10.3. The van der Waals surface area contributed by atoms with Gasteiger partial charge in [0.25, 0.3) is 5.82 Å². The highest BCUT2D eigenvalue weighted by Gasteiger charge is 2.10. The average Bonchev–Trinajstić information content (AvgIpc) is 2.09. The summed E-state index contributed by atoms with van der Waals surface area (Å²) in [6.07, 6.45) is 1.81. The van der Waals surface area contributed by atoms with Crippen molar-refractivity contribution in [1.82, 2.24) is 4.98 Å². The molecule has 0 saturated heterocycles. The Morgan fingerprint density at radius 2 is 2.46 bits per heavy atom. The molecule has 0 bridgehead atoms. The fourth-order valence-electron chi connectivity index (χ4n) is 0.948. The van der Waals surface area contributed by atoms with Crippen LogP contribution in [0.2, 0.25) is 0 Å². The first kappa shape index (κ1) is 9.28. The lowest BCUT2D eigenvalue weighted by Gasteiger charge is -1.98. The summed E-state index contributed by atoms with van der Waals surface area (Å²) < 4.78 is 1.83. The first-order chi connectivity index (χ1) is 6.15. The number of hydrogen-bond acceptors (Lipinski definition) is 3. The lowest BCUT2D eigenvalue weighted by molar-refractivity contribution is -0.681. The molecule has 1 rings (SSSR count). The number of aryl methyl sites for hydroxylation is 2. The fourth-order valence-corrected chi connectivity index (χ4v) is 0.948. The second-order valence-corrected chi connectivity index (χ2v) is 2.70. The van der Waals surface area contributed by atoms with Crippen molar-refractivity contribution in [1.29, 1.82) is 0 Å². The molecule has 0 radical (unpaired) electrons. The largest absolute Gasteiger partial charge is 0.363 e. The number of rotatable bonds is 2. The van der Waals surface area contributed by atoms with Crippen LogP contribution in [-0.4, -0.2) is 4.98 Å². The quantitative estimate of drug-likeness (QED) is 0.312. The smallest absolute Gasteiger partial charge is 0.297 e. The van der Waals surface area contributed by atoms with Gasteiger partial charge in [-0.15, -0.1) is 0 Å². The number of anilines is 1. The predicted octanol–water partition coefficient (Wildman–Crippen LogP) is 0.607. The van der Waals surface area contributed by atoms with Crippen molar-refractivity contribution in [3.63, 3.8) is 0 Å². The number of aromatic nitrogens is 2. The van der Waals surface area contributed by atoms with E-state index in [0.29, 0.717) is 5.82 Å². The molecule has 0 fully saturated rings. The summed E-state index contributed by atoms with van der Waals surface area (Å²) in [5.41, 5.74) is 14.5. The van der Waals surface area contributed by atoms with Crippen molar-refractivity contribution in [2.24, 2.45) is 12.2 Å². The van der Waals surface area contributed by atoms with Gasteiger partial charge >= 0.3 is 0 Å². The molecule has 6 nitrogen and oxygen atoms in total. The summed E-state index contributed by atoms with van der Waals surface area (Å²) >= 11 is 0. The van der Waals surface area contributed by atoms with Gasteiger partial charge < -0.3 is 5.73 Å². The Morgan fingerprint density at radius 3 is 3.08 bits per heavy atom. The number of nitrogen functional groups attached to an aromatic ring is 1. The molecule has 1 aromatic heterocycles. The number of hydrogen-bond donors (Lipinski definition) is 1. The van der Waals surface area contributed by atoms with Gasteiger partial charge in [0.05, 0.1) is 25.4 Å². The zero-order valence-corrected chi connectivity index (χ0v) is 7.60. The van der Waals surface area contributed by atoms with Crippen LogP contribution in [0.5, 0.6) is 0 Å². The van der Waals surface area contributed by atoms with E-state index in [0.717, 1.165) is 11.4 Å². The van der Waals surface area contributed by atoms with Crippen LogP contribution in [0.25, 0.3) is 10.4 Å². The monoisotopic (exact) mass is 179 g/mol. The van der Waals surface area contributed by atoms with Crippen molar-refractivity contribution >= 4 is 5.82 Å². The molecule has 0 amide bonds. The molecule has 1 heterocycles.